The minimum Gasteiger partial charge on any atom is -0.405 e. The van der Waals surface area contributed by atoms with E-state index in [1.54, 1.807) is 0 Å². The van der Waals surface area contributed by atoms with Crippen LogP contribution in [0.4, 0.5) is 28.9 Å². The van der Waals surface area contributed by atoms with Gasteiger partial charge in [-0.25, -0.2) is 4.39 Å². The molecule has 0 unspecified atom stereocenters. The third kappa shape index (κ3) is 4.56. The normalized spacial score (nSPS) is 11.1. The number of hydrogen-bond donors (Lipinski definition) is 1. The highest BCUT2D eigenvalue weighted by atomic mass is 19.4. The zero-order valence-corrected chi connectivity index (χ0v) is 11.4. The van der Waals surface area contributed by atoms with Gasteiger partial charge in [-0.05, 0) is 12.1 Å². The van der Waals surface area contributed by atoms with Crippen molar-refractivity contribution in [2.45, 2.75) is 12.9 Å². The first-order valence-corrected chi connectivity index (χ1v) is 6.28. The smallest absolute Gasteiger partial charge is 0.405 e. The average molecular weight is 330 g/mol. The Hall–Kier alpha value is -2.84. The molecule has 23 heavy (non-hydrogen) atoms. The van der Waals surface area contributed by atoms with Crippen LogP contribution in [-0.4, -0.2) is 11.3 Å². The van der Waals surface area contributed by atoms with E-state index in [9.17, 15) is 27.7 Å². The highest BCUT2D eigenvalue weighted by Crippen LogP contribution is 2.27. The van der Waals surface area contributed by atoms with E-state index in [4.69, 9.17) is 0 Å². The maximum absolute atomic E-state index is 13.7. The number of benzene rings is 2. The molecule has 0 bridgehead atoms. The van der Waals surface area contributed by atoms with E-state index < -0.39 is 28.5 Å². The summed E-state index contributed by atoms with van der Waals surface area (Å²) in [5, 5.41) is 13.1. The maximum Gasteiger partial charge on any atom is 0.573 e. The zero-order valence-electron chi connectivity index (χ0n) is 11.4. The Bertz CT molecular complexity index is 719. The molecule has 0 saturated heterocycles. The summed E-state index contributed by atoms with van der Waals surface area (Å²) in [4.78, 5) is 9.77. The van der Waals surface area contributed by atoms with Gasteiger partial charge in [-0.2, -0.15) is 0 Å². The van der Waals surface area contributed by atoms with Gasteiger partial charge in [0, 0.05) is 18.2 Å². The quantitative estimate of drug-likeness (QED) is 0.506. The fraction of sp³-hybridized carbons (Fsp3) is 0.143. The lowest BCUT2D eigenvalue weighted by Crippen LogP contribution is -2.18. The number of nitro groups is 1. The van der Waals surface area contributed by atoms with Crippen molar-refractivity contribution >= 4 is 11.4 Å². The highest BCUT2D eigenvalue weighted by Gasteiger charge is 2.31. The lowest BCUT2D eigenvalue weighted by atomic mass is 10.2. The number of nitrogens with one attached hydrogen (secondary N) is 1. The third-order valence-corrected chi connectivity index (χ3v) is 2.83. The molecule has 0 spiro atoms. The van der Waals surface area contributed by atoms with Gasteiger partial charge < -0.3 is 10.1 Å². The molecule has 0 radical (unpaired) electrons. The van der Waals surface area contributed by atoms with Gasteiger partial charge in [0.05, 0.1) is 16.7 Å². The van der Waals surface area contributed by atoms with Crippen LogP contribution < -0.4 is 10.1 Å². The number of alkyl halides is 3. The number of anilines is 1. The minimum atomic E-state index is -4.84. The summed E-state index contributed by atoms with van der Waals surface area (Å²) < 4.78 is 54.5. The largest absolute Gasteiger partial charge is 0.573 e. The van der Waals surface area contributed by atoms with E-state index in [-0.39, 0.29) is 17.8 Å². The molecule has 0 amide bonds. The number of para-hydroxylation sites is 1. The van der Waals surface area contributed by atoms with E-state index in [1.165, 1.54) is 18.2 Å². The molecule has 0 aliphatic rings. The molecular weight excluding hydrogens is 320 g/mol. The van der Waals surface area contributed by atoms with Crippen molar-refractivity contribution in [3.63, 3.8) is 0 Å². The summed E-state index contributed by atoms with van der Waals surface area (Å²) in [6.07, 6.45) is -4.84. The number of ether oxygens (including phenoxy) is 1. The molecule has 5 nitrogen and oxygen atoms in total. The SMILES string of the molecule is O=[N+]([O-])c1ccc(NCc2ccccc2OC(F)(F)F)c(F)c1. The van der Waals surface area contributed by atoms with Crippen molar-refractivity contribution in [3.8, 4) is 5.75 Å². The second-order valence-electron chi connectivity index (χ2n) is 4.43. The van der Waals surface area contributed by atoms with Gasteiger partial charge in [-0.1, -0.05) is 18.2 Å². The molecule has 1 N–H and O–H groups in total. The molecule has 0 aliphatic heterocycles. The summed E-state index contributed by atoms with van der Waals surface area (Å²) in [6.45, 7) is -0.152. The Morgan fingerprint density at radius 1 is 1.17 bits per heavy atom. The molecule has 0 heterocycles. The van der Waals surface area contributed by atoms with Gasteiger partial charge in [0.15, 0.2) is 5.82 Å². The first kappa shape index (κ1) is 16.5. The lowest BCUT2D eigenvalue weighted by molar-refractivity contribution is -0.385. The topological polar surface area (TPSA) is 64.4 Å². The van der Waals surface area contributed by atoms with E-state index in [1.807, 2.05) is 0 Å². The summed E-state index contributed by atoms with van der Waals surface area (Å²) in [7, 11) is 0. The fourth-order valence-corrected chi connectivity index (χ4v) is 1.83. The second kappa shape index (κ2) is 6.51. The standard InChI is InChI=1S/C14H10F4N2O3/c15-11-7-10(20(21)22)5-6-12(11)19-8-9-3-1-2-4-13(9)23-14(16,17)18/h1-7,19H,8H2. The molecule has 2 rings (SSSR count). The summed E-state index contributed by atoms with van der Waals surface area (Å²) in [5.74, 6) is -1.29. The summed E-state index contributed by atoms with van der Waals surface area (Å²) in [6, 6.07) is 8.35. The lowest BCUT2D eigenvalue weighted by Gasteiger charge is -2.14. The van der Waals surface area contributed by atoms with Gasteiger partial charge >= 0.3 is 6.36 Å². The molecule has 0 saturated carbocycles. The molecule has 9 heteroatoms. The molecule has 2 aromatic rings. The van der Waals surface area contributed by atoms with E-state index in [2.05, 4.69) is 10.1 Å². The predicted octanol–water partition coefficient (Wildman–Crippen LogP) is 4.24. The van der Waals surface area contributed by atoms with Crippen molar-refractivity contribution in [1.82, 2.24) is 0 Å². The fourth-order valence-electron chi connectivity index (χ4n) is 1.83. The van der Waals surface area contributed by atoms with Crippen LogP contribution in [-0.2, 0) is 6.54 Å². The van der Waals surface area contributed by atoms with Gasteiger partial charge in [-0.15, -0.1) is 13.2 Å². The van der Waals surface area contributed by atoms with Crippen LogP contribution in [0.2, 0.25) is 0 Å². The van der Waals surface area contributed by atoms with Gasteiger partial charge in [0.25, 0.3) is 5.69 Å². The molecule has 0 atom stereocenters. The highest BCUT2D eigenvalue weighted by molar-refractivity contribution is 5.51. The molecule has 0 aromatic heterocycles. The Balaban J connectivity index is 2.14. The van der Waals surface area contributed by atoms with Crippen molar-refractivity contribution in [3.05, 3.63) is 64.0 Å². The Labute approximate surface area is 127 Å². The number of hydrogen-bond acceptors (Lipinski definition) is 4. The molecule has 122 valence electrons. The molecule has 2 aromatic carbocycles. The van der Waals surface area contributed by atoms with Crippen LogP contribution in [0.5, 0.6) is 5.75 Å². The van der Waals surface area contributed by atoms with Crippen LogP contribution >= 0.6 is 0 Å². The monoisotopic (exact) mass is 330 g/mol. The zero-order chi connectivity index (χ0) is 17.0. The summed E-state index contributed by atoms with van der Waals surface area (Å²) >= 11 is 0. The summed E-state index contributed by atoms with van der Waals surface area (Å²) in [5.41, 5.74) is -0.339. The maximum atomic E-state index is 13.7. The predicted molar refractivity (Wildman–Crippen MR) is 73.5 cm³/mol. The minimum absolute atomic E-state index is 0.0718. The number of nitro benzene ring substituents is 1. The van der Waals surface area contributed by atoms with Gasteiger partial charge in [0.2, 0.25) is 0 Å². The van der Waals surface area contributed by atoms with Crippen molar-refractivity contribution in [1.29, 1.82) is 0 Å². The number of non-ortho nitro benzene ring substituents is 1. The van der Waals surface area contributed by atoms with E-state index in [0.717, 1.165) is 24.3 Å². The van der Waals surface area contributed by atoms with Crippen LogP contribution in [0, 0.1) is 15.9 Å². The first-order chi connectivity index (χ1) is 10.8. The molecule has 0 fully saturated rings. The van der Waals surface area contributed by atoms with Crippen molar-refractivity contribution in [2.24, 2.45) is 0 Å². The Morgan fingerprint density at radius 3 is 2.48 bits per heavy atom. The molecule has 0 aliphatic carbocycles. The third-order valence-electron chi connectivity index (χ3n) is 2.83. The number of halogens is 4. The Morgan fingerprint density at radius 2 is 1.87 bits per heavy atom. The number of nitrogens with zero attached hydrogens (tertiary/aromatic N) is 1. The Kier molecular flexibility index (Phi) is 4.68. The van der Waals surface area contributed by atoms with Crippen LogP contribution in [0.15, 0.2) is 42.5 Å². The van der Waals surface area contributed by atoms with Crippen molar-refractivity contribution < 1.29 is 27.2 Å². The van der Waals surface area contributed by atoms with Crippen LogP contribution in [0.1, 0.15) is 5.56 Å². The van der Waals surface area contributed by atoms with E-state index in [0.29, 0.717) is 0 Å². The van der Waals surface area contributed by atoms with Crippen LogP contribution in [0.25, 0.3) is 0 Å². The average Bonchev–Trinajstić information content (AvgIpc) is 2.45. The second-order valence-corrected chi connectivity index (χ2v) is 4.43. The van der Waals surface area contributed by atoms with Gasteiger partial charge in [0.1, 0.15) is 5.75 Å². The molecular formula is C14H10F4N2O3. The number of rotatable bonds is 5. The van der Waals surface area contributed by atoms with E-state index >= 15 is 0 Å². The van der Waals surface area contributed by atoms with Crippen molar-refractivity contribution in [2.75, 3.05) is 5.32 Å². The first-order valence-electron chi connectivity index (χ1n) is 6.28. The van der Waals surface area contributed by atoms with Gasteiger partial charge in [-0.3, -0.25) is 10.1 Å². The van der Waals surface area contributed by atoms with Crippen LogP contribution in [0.3, 0.4) is 0 Å².